The number of hydrogen-bond donors (Lipinski definition) is 2. The van der Waals surface area contributed by atoms with Crippen molar-refractivity contribution in [3.05, 3.63) is 0 Å². The number of ketones is 1. The molecule has 1 rings (SSSR count). The molecule has 0 aromatic rings. The van der Waals surface area contributed by atoms with E-state index in [2.05, 4.69) is 10.6 Å². The lowest BCUT2D eigenvalue weighted by Gasteiger charge is -2.29. The Morgan fingerprint density at radius 2 is 1.69 bits per heavy atom. The van der Waals surface area contributed by atoms with Gasteiger partial charge >= 0.3 is 0 Å². The van der Waals surface area contributed by atoms with Crippen molar-refractivity contribution in [2.75, 3.05) is 33.0 Å². The van der Waals surface area contributed by atoms with Crippen LogP contribution in [0.3, 0.4) is 0 Å². The van der Waals surface area contributed by atoms with Crippen molar-refractivity contribution in [2.45, 2.75) is 58.9 Å². The minimum absolute atomic E-state index is 0.0142. The van der Waals surface area contributed by atoms with Crippen molar-refractivity contribution in [1.82, 2.24) is 10.6 Å². The number of hydrogen-bond acceptors (Lipinski definition) is 5. The lowest BCUT2D eigenvalue weighted by atomic mass is 9.80. The molecule has 0 atom stereocenters. The monoisotopic (exact) mass is 370 g/mol. The molecule has 2 N–H and O–H groups in total. The van der Waals surface area contributed by atoms with Gasteiger partial charge in [0.2, 0.25) is 11.8 Å². The van der Waals surface area contributed by atoms with Gasteiger partial charge < -0.3 is 20.1 Å². The largest absolute Gasteiger partial charge is 0.381 e. The van der Waals surface area contributed by atoms with Gasteiger partial charge in [0.1, 0.15) is 12.4 Å². The van der Waals surface area contributed by atoms with Crippen LogP contribution in [0.5, 0.6) is 0 Å². The summed E-state index contributed by atoms with van der Waals surface area (Å²) in [6.07, 6.45) is 3.69. The zero-order valence-corrected chi connectivity index (χ0v) is 16.3. The van der Waals surface area contributed by atoms with Gasteiger partial charge in [-0.1, -0.05) is 13.8 Å². The first-order valence-electron chi connectivity index (χ1n) is 9.69. The summed E-state index contributed by atoms with van der Waals surface area (Å²) < 4.78 is 10.4. The van der Waals surface area contributed by atoms with E-state index >= 15 is 0 Å². The van der Waals surface area contributed by atoms with Crippen molar-refractivity contribution in [2.24, 2.45) is 11.8 Å². The molecule has 0 saturated heterocycles. The Hall–Kier alpha value is -1.47. The molecule has 0 aromatic heterocycles. The Balaban J connectivity index is 2.06. The van der Waals surface area contributed by atoms with Crippen LogP contribution in [0.15, 0.2) is 0 Å². The van der Waals surface area contributed by atoms with Gasteiger partial charge in [0, 0.05) is 37.5 Å². The number of carbonyl (C=O) groups is 3. The maximum atomic E-state index is 12.0. The second-order valence-corrected chi connectivity index (χ2v) is 7.02. The topological polar surface area (TPSA) is 93.7 Å². The van der Waals surface area contributed by atoms with Crippen LogP contribution in [0.2, 0.25) is 0 Å². The van der Waals surface area contributed by atoms with Crippen molar-refractivity contribution < 1.29 is 23.9 Å². The zero-order valence-electron chi connectivity index (χ0n) is 16.3. The van der Waals surface area contributed by atoms with Crippen molar-refractivity contribution in [1.29, 1.82) is 0 Å². The van der Waals surface area contributed by atoms with Gasteiger partial charge in [-0.05, 0) is 32.6 Å². The summed E-state index contributed by atoms with van der Waals surface area (Å²) in [6, 6.07) is 0.126. The maximum Gasteiger partial charge on any atom is 0.246 e. The Kier molecular flexibility index (Phi) is 11.1. The fraction of sp³-hybridized carbons (Fsp3) is 0.842. The first-order chi connectivity index (χ1) is 12.4. The minimum Gasteiger partial charge on any atom is -0.381 e. The molecular weight excluding hydrogens is 336 g/mol. The molecule has 0 heterocycles. The molecule has 1 aliphatic rings. The summed E-state index contributed by atoms with van der Waals surface area (Å²) in [5.41, 5.74) is 0. The van der Waals surface area contributed by atoms with E-state index in [0.717, 1.165) is 25.7 Å². The van der Waals surface area contributed by atoms with Crippen LogP contribution < -0.4 is 10.6 Å². The fourth-order valence-electron chi connectivity index (χ4n) is 3.09. The Morgan fingerprint density at radius 1 is 1.00 bits per heavy atom. The smallest absolute Gasteiger partial charge is 0.246 e. The molecule has 26 heavy (non-hydrogen) atoms. The number of nitrogens with one attached hydrogen (secondary N) is 2. The van der Waals surface area contributed by atoms with Crippen molar-refractivity contribution in [3.63, 3.8) is 0 Å². The van der Waals surface area contributed by atoms with E-state index in [9.17, 15) is 14.4 Å². The van der Waals surface area contributed by atoms with E-state index in [4.69, 9.17) is 9.47 Å². The molecule has 0 bridgehead atoms. The molecule has 1 saturated carbocycles. The van der Waals surface area contributed by atoms with Gasteiger partial charge in [0.25, 0.3) is 0 Å². The highest BCUT2D eigenvalue weighted by Gasteiger charge is 2.28. The Morgan fingerprint density at radius 3 is 2.31 bits per heavy atom. The molecule has 150 valence electrons. The summed E-state index contributed by atoms with van der Waals surface area (Å²) in [6.45, 7) is 7.43. The van der Waals surface area contributed by atoms with Gasteiger partial charge in [-0.15, -0.1) is 0 Å². The quantitative estimate of drug-likeness (QED) is 0.507. The normalized spacial score (nSPS) is 20.0. The van der Waals surface area contributed by atoms with Crippen molar-refractivity contribution in [3.8, 4) is 0 Å². The Labute approximate surface area is 156 Å². The molecule has 7 heteroatoms. The first kappa shape index (κ1) is 22.6. The molecule has 1 aliphatic carbocycles. The summed E-state index contributed by atoms with van der Waals surface area (Å²) in [5, 5.41) is 5.68. The molecular formula is C19H34N2O5. The highest BCUT2D eigenvalue weighted by Crippen LogP contribution is 2.27. The van der Waals surface area contributed by atoms with Gasteiger partial charge in [-0.3, -0.25) is 14.4 Å². The molecule has 0 aliphatic heterocycles. The van der Waals surface area contributed by atoms with E-state index in [1.54, 1.807) is 0 Å². The van der Waals surface area contributed by atoms with Crippen LogP contribution in [0.25, 0.3) is 0 Å². The molecule has 7 nitrogen and oxygen atoms in total. The predicted octanol–water partition coefficient (Wildman–Crippen LogP) is 1.45. The third-order valence-electron chi connectivity index (χ3n) is 4.54. The van der Waals surface area contributed by atoms with Gasteiger partial charge in [0.15, 0.2) is 0 Å². The SMILES string of the molecule is CCOCCC(=O)NCCOCC(=O)NC1CCC(C(=O)C(C)C)CC1. The van der Waals surface area contributed by atoms with Crippen LogP contribution in [0.4, 0.5) is 0 Å². The van der Waals surface area contributed by atoms with Crippen LogP contribution >= 0.6 is 0 Å². The lowest BCUT2D eigenvalue weighted by molar-refractivity contribution is -0.127. The summed E-state index contributed by atoms with van der Waals surface area (Å²) >= 11 is 0. The lowest BCUT2D eigenvalue weighted by Crippen LogP contribution is -2.41. The number of Topliss-reactive ketones (excluding diaryl/α,β-unsaturated/α-hetero) is 1. The first-order valence-corrected chi connectivity index (χ1v) is 9.69. The third kappa shape index (κ3) is 9.29. The average molecular weight is 370 g/mol. The summed E-state index contributed by atoms with van der Waals surface area (Å²) in [5.74, 6) is 0.330. The van der Waals surface area contributed by atoms with Crippen LogP contribution in [-0.4, -0.2) is 56.6 Å². The van der Waals surface area contributed by atoms with Crippen molar-refractivity contribution >= 4 is 17.6 Å². The number of rotatable bonds is 12. The predicted molar refractivity (Wildman–Crippen MR) is 98.7 cm³/mol. The standard InChI is InChI=1S/C19H34N2O5/c1-4-25-11-9-17(22)20-10-12-26-13-18(23)21-16-7-5-15(6-8-16)19(24)14(2)3/h14-16H,4-13H2,1-3H3,(H,20,22)(H,21,23). The number of amides is 2. The van der Waals surface area contributed by atoms with E-state index in [-0.39, 0.29) is 36.3 Å². The Bertz CT molecular complexity index is 445. The van der Waals surface area contributed by atoms with E-state index in [1.165, 1.54) is 0 Å². The zero-order chi connectivity index (χ0) is 19.4. The van der Waals surface area contributed by atoms with Crippen LogP contribution in [0.1, 0.15) is 52.9 Å². The van der Waals surface area contributed by atoms with Gasteiger partial charge in [0.05, 0.1) is 13.2 Å². The second kappa shape index (κ2) is 12.8. The molecule has 0 aromatic carbocycles. The fourth-order valence-corrected chi connectivity index (χ4v) is 3.09. The third-order valence-corrected chi connectivity index (χ3v) is 4.54. The maximum absolute atomic E-state index is 12.0. The highest BCUT2D eigenvalue weighted by molar-refractivity contribution is 5.83. The number of carbonyl (C=O) groups excluding carboxylic acids is 3. The van der Waals surface area contributed by atoms with Gasteiger partial charge in [-0.2, -0.15) is 0 Å². The van der Waals surface area contributed by atoms with E-state index in [0.29, 0.717) is 38.6 Å². The molecule has 0 radical (unpaired) electrons. The highest BCUT2D eigenvalue weighted by atomic mass is 16.5. The second-order valence-electron chi connectivity index (χ2n) is 7.02. The van der Waals surface area contributed by atoms with Gasteiger partial charge in [-0.25, -0.2) is 0 Å². The minimum atomic E-state index is -0.147. The molecule has 2 amide bonds. The van der Waals surface area contributed by atoms with E-state index in [1.807, 2.05) is 20.8 Å². The van der Waals surface area contributed by atoms with E-state index < -0.39 is 0 Å². The summed E-state index contributed by atoms with van der Waals surface area (Å²) in [4.78, 5) is 35.4. The summed E-state index contributed by atoms with van der Waals surface area (Å²) in [7, 11) is 0. The molecule has 0 unspecified atom stereocenters. The van der Waals surface area contributed by atoms with Crippen LogP contribution in [-0.2, 0) is 23.9 Å². The van der Waals surface area contributed by atoms with Crippen LogP contribution in [0, 0.1) is 11.8 Å². The average Bonchev–Trinajstić information content (AvgIpc) is 2.61. The molecule has 1 fully saturated rings. The molecule has 0 spiro atoms. The number of ether oxygens (including phenoxy) is 2.